The molecule has 0 saturated heterocycles. The van der Waals surface area contributed by atoms with Gasteiger partial charge in [-0.05, 0) is 68.1 Å². The Hall–Kier alpha value is -2.65. The lowest BCUT2D eigenvalue weighted by Gasteiger charge is -2.16. The van der Waals surface area contributed by atoms with Gasteiger partial charge in [-0.3, -0.25) is 0 Å². The second-order valence-electron chi connectivity index (χ2n) is 7.25. The Morgan fingerprint density at radius 2 is 1.66 bits per heavy atom. The first kappa shape index (κ1) is 21.1. The van der Waals surface area contributed by atoms with Gasteiger partial charge in [-0.1, -0.05) is 47.5 Å². The molecule has 3 nitrogen and oxygen atoms in total. The summed E-state index contributed by atoms with van der Waals surface area (Å²) < 4.78 is 11.8. The summed E-state index contributed by atoms with van der Waals surface area (Å²) in [5.41, 5.74) is 6.91. The van der Waals surface area contributed by atoms with Crippen molar-refractivity contribution in [3.05, 3.63) is 87.4 Å². The Labute approximate surface area is 178 Å². The Balaban J connectivity index is 1.75. The van der Waals surface area contributed by atoms with Crippen LogP contribution in [0.25, 0.3) is 0 Å². The average Bonchev–Trinajstić information content (AvgIpc) is 2.69. The number of hydrogen-bond acceptors (Lipinski definition) is 3. The lowest BCUT2D eigenvalue weighted by atomic mass is 10.1. The second kappa shape index (κ2) is 9.71. The van der Waals surface area contributed by atoms with Crippen molar-refractivity contribution in [3.8, 4) is 11.5 Å². The van der Waals surface area contributed by atoms with Crippen LogP contribution >= 0.6 is 11.6 Å². The van der Waals surface area contributed by atoms with Crippen molar-refractivity contribution in [2.24, 2.45) is 0 Å². The number of benzene rings is 3. The molecule has 0 radical (unpaired) electrons. The van der Waals surface area contributed by atoms with Crippen molar-refractivity contribution in [1.82, 2.24) is 0 Å². The van der Waals surface area contributed by atoms with E-state index in [2.05, 4.69) is 62.5 Å². The molecule has 4 heteroatoms. The van der Waals surface area contributed by atoms with Gasteiger partial charge in [0.05, 0.1) is 6.61 Å². The molecular weight excluding hydrogens is 382 g/mol. The molecule has 0 fully saturated rings. The summed E-state index contributed by atoms with van der Waals surface area (Å²) in [4.78, 5) is 0. The van der Waals surface area contributed by atoms with E-state index in [1.807, 2.05) is 25.1 Å². The maximum Gasteiger partial charge on any atom is 0.163 e. The van der Waals surface area contributed by atoms with E-state index < -0.39 is 0 Å². The smallest absolute Gasteiger partial charge is 0.163 e. The van der Waals surface area contributed by atoms with Crippen molar-refractivity contribution < 1.29 is 9.47 Å². The van der Waals surface area contributed by atoms with Crippen molar-refractivity contribution in [3.63, 3.8) is 0 Å². The fourth-order valence-electron chi connectivity index (χ4n) is 3.11. The second-order valence-corrected chi connectivity index (χ2v) is 7.66. The van der Waals surface area contributed by atoms with Crippen LogP contribution in [0.1, 0.15) is 34.7 Å². The van der Waals surface area contributed by atoms with Crippen LogP contribution in [-0.2, 0) is 13.2 Å². The van der Waals surface area contributed by atoms with Crippen LogP contribution < -0.4 is 14.8 Å². The monoisotopic (exact) mass is 409 g/mol. The lowest BCUT2D eigenvalue weighted by molar-refractivity contribution is 0.269. The van der Waals surface area contributed by atoms with E-state index in [9.17, 15) is 0 Å². The standard InChI is InChI=1S/C25H28ClNO2/c1-5-28-24-13-21(15-27-22-10-9-18(3)19(4)12-22)23(26)14-25(24)29-16-20-8-6-7-17(2)11-20/h6-14,27H,5,15-16H2,1-4H3. The first-order chi connectivity index (χ1) is 14.0. The molecule has 0 heterocycles. The number of rotatable bonds is 8. The molecule has 0 bridgehead atoms. The average molecular weight is 410 g/mol. The van der Waals surface area contributed by atoms with Gasteiger partial charge in [0.25, 0.3) is 0 Å². The minimum atomic E-state index is 0.471. The number of anilines is 1. The van der Waals surface area contributed by atoms with Crippen molar-refractivity contribution in [1.29, 1.82) is 0 Å². The number of halogens is 1. The van der Waals surface area contributed by atoms with Gasteiger partial charge in [-0.15, -0.1) is 0 Å². The van der Waals surface area contributed by atoms with Gasteiger partial charge in [0.15, 0.2) is 11.5 Å². The van der Waals surface area contributed by atoms with E-state index in [0.717, 1.165) is 16.8 Å². The third kappa shape index (κ3) is 5.68. The van der Waals surface area contributed by atoms with E-state index in [0.29, 0.717) is 36.3 Å². The number of aryl methyl sites for hydroxylation is 3. The highest BCUT2D eigenvalue weighted by Gasteiger charge is 2.12. The number of hydrogen-bond donors (Lipinski definition) is 1. The topological polar surface area (TPSA) is 30.5 Å². The summed E-state index contributed by atoms with van der Waals surface area (Å²) in [7, 11) is 0. The molecule has 3 aromatic rings. The normalized spacial score (nSPS) is 10.7. The number of nitrogens with one attached hydrogen (secondary N) is 1. The molecule has 0 amide bonds. The fourth-order valence-corrected chi connectivity index (χ4v) is 3.33. The zero-order chi connectivity index (χ0) is 20.8. The summed E-state index contributed by atoms with van der Waals surface area (Å²) in [6.07, 6.45) is 0. The molecule has 152 valence electrons. The molecule has 29 heavy (non-hydrogen) atoms. The van der Waals surface area contributed by atoms with Crippen molar-refractivity contribution in [2.45, 2.75) is 40.8 Å². The Morgan fingerprint density at radius 1 is 0.862 bits per heavy atom. The van der Waals surface area contributed by atoms with Crippen LogP contribution in [0.5, 0.6) is 11.5 Å². The molecule has 0 saturated carbocycles. The zero-order valence-electron chi connectivity index (χ0n) is 17.5. The van der Waals surface area contributed by atoms with Crippen LogP contribution in [0.4, 0.5) is 5.69 Å². The van der Waals surface area contributed by atoms with E-state index in [1.165, 1.54) is 16.7 Å². The van der Waals surface area contributed by atoms with Crippen molar-refractivity contribution >= 4 is 17.3 Å². The van der Waals surface area contributed by atoms with Crippen molar-refractivity contribution in [2.75, 3.05) is 11.9 Å². The van der Waals surface area contributed by atoms with E-state index in [1.54, 1.807) is 0 Å². The van der Waals surface area contributed by atoms with Gasteiger partial charge < -0.3 is 14.8 Å². The minimum absolute atomic E-state index is 0.471. The molecule has 0 spiro atoms. The molecule has 0 unspecified atom stereocenters. The van der Waals surface area contributed by atoms with Crippen LogP contribution in [0.2, 0.25) is 5.02 Å². The lowest BCUT2D eigenvalue weighted by Crippen LogP contribution is -2.04. The largest absolute Gasteiger partial charge is 0.490 e. The third-order valence-electron chi connectivity index (χ3n) is 4.88. The van der Waals surface area contributed by atoms with E-state index in [4.69, 9.17) is 21.1 Å². The SMILES string of the molecule is CCOc1cc(CNc2ccc(C)c(C)c2)c(Cl)cc1OCc1cccc(C)c1. The minimum Gasteiger partial charge on any atom is -0.490 e. The van der Waals surface area contributed by atoms with Gasteiger partial charge in [-0.2, -0.15) is 0 Å². The van der Waals surface area contributed by atoms with Gasteiger partial charge in [0, 0.05) is 23.3 Å². The van der Waals surface area contributed by atoms with Gasteiger partial charge >= 0.3 is 0 Å². The molecule has 0 aliphatic carbocycles. The van der Waals surface area contributed by atoms with Crippen LogP contribution in [-0.4, -0.2) is 6.61 Å². The zero-order valence-corrected chi connectivity index (χ0v) is 18.3. The Kier molecular flexibility index (Phi) is 7.05. The Morgan fingerprint density at radius 3 is 2.38 bits per heavy atom. The molecule has 0 aromatic heterocycles. The summed E-state index contributed by atoms with van der Waals surface area (Å²) in [5.74, 6) is 1.37. The molecule has 3 rings (SSSR count). The quantitative estimate of drug-likeness (QED) is 0.441. The first-order valence-corrected chi connectivity index (χ1v) is 10.3. The predicted octanol–water partition coefficient (Wildman–Crippen LogP) is 6.86. The third-order valence-corrected chi connectivity index (χ3v) is 5.23. The summed E-state index contributed by atoms with van der Waals surface area (Å²) in [6.45, 7) is 9.90. The predicted molar refractivity (Wildman–Crippen MR) is 121 cm³/mol. The van der Waals surface area contributed by atoms with Crippen LogP contribution in [0.3, 0.4) is 0 Å². The summed E-state index contributed by atoms with van der Waals surface area (Å²) in [5, 5.41) is 4.10. The summed E-state index contributed by atoms with van der Waals surface area (Å²) >= 11 is 6.56. The molecular formula is C25H28ClNO2. The summed E-state index contributed by atoms with van der Waals surface area (Å²) in [6, 6.07) is 18.4. The van der Waals surface area contributed by atoms with E-state index in [-0.39, 0.29) is 0 Å². The van der Waals surface area contributed by atoms with Gasteiger partial charge in [0.1, 0.15) is 6.61 Å². The van der Waals surface area contributed by atoms with Gasteiger partial charge in [-0.25, -0.2) is 0 Å². The molecule has 0 aliphatic rings. The molecule has 3 aromatic carbocycles. The highest BCUT2D eigenvalue weighted by Crippen LogP contribution is 2.34. The van der Waals surface area contributed by atoms with E-state index >= 15 is 0 Å². The highest BCUT2D eigenvalue weighted by atomic mass is 35.5. The molecule has 0 aliphatic heterocycles. The van der Waals surface area contributed by atoms with Crippen LogP contribution in [0.15, 0.2) is 54.6 Å². The fraction of sp³-hybridized carbons (Fsp3) is 0.280. The highest BCUT2D eigenvalue weighted by molar-refractivity contribution is 6.31. The maximum absolute atomic E-state index is 6.56. The van der Waals surface area contributed by atoms with Crippen LogP contribution in [0, 0.1) is 20.8 Å². The molecule has 1 N–H and O–H groups in total. The first-order valence-electron chi connectivity index (χ1n) is 9.91. The molecule has 0 atom stereocenters. The number of ether oxygens (including phenoxy) is 2. The van der Waals surface area contributed by atoms with Gasteiger partial charge in [0.2, 0.25) is 0 Å². The maximum atomic E-state index is 6.56. The Bertz CT molecular complexity index is 985.